The number of fused-ring (bicyclic) bond motifs is 1. The van der Waals surface area contributed by atoms with Crippen LogP contribution in [0.2, 0.25) is 0 Å². The maximum absolute atomic E-state index is 11.0. The lowest BCUT2D eigenvalue weighted by Crippen LogP contribution is -1.98. The van der Waals surface area contributed by atoms with Gasteiger partial charge in [-0.25, -0.2) is 0 Å². The molecule has 0 bridgehead atoms. The Morgan fingerprint density at radius 3 is 2.50 bits per heavy atom. The van der Waals surface area contributed by atoms with E-state index in [1.807, 2.05) is 6.92 Å². The molecule has 4 nitrogen and oxygen atoms in total. The number of benzene rings is 2. The summed E-state index contributed by atoms with van der Waals surface area (Å²) in [4.78, 5) is -0.107. The van der Waals surface area contributed by atoms with Gasteiger partial charge in [0.1, 0.15) is 0 Å². The summed E-state index contributed by atoms with van der Waals surface area (Å²) in [6.07, 6.45) is 0. The van der Waals surface area contributed by atoms with E-state index < -0.39 is 10.1 Å². The van der Waals surface area contributed by atoms with Gasteiger partial charge in [0, 0.05) is 5.69 Å². The lowest BCUT2D eigenvalue weighted by atomic mass is 10.0. The fourth-order valence-electron chi connectivity index (χ4n) is 1.64. The highest BCUT2D eigenvalue weighted by Crippen LogP contribution is 2.25. The van der Waals surface area contributed by atoms with Crippen LogP contribution >= 0.6 is 0 Å². The van der Waals surface area contributed by atoms with E-state index in [0.717, 1.165) is 16.3 Å². The molecular weight excluding hydrogens is 226 g/mol. The van der Waals surface area contributed by atoms with Crippen molar-refractivity contribution in [1.82, 2.24) is 0 Å². The van der Waals surface area contributed by atoms with Crippen molar-refractivity contribution in [2.45, 2.75) is 11.8 Å². The molecule has 0 heterocycles. The normalized spacial score (nSPS) is 11.9. The fraction of sp³-hybridized carbons (Fsp3) is 0.0909. The Labute approximate surface area is 93.4 Å². The molecule has 16 heavy (non-hydrogen) atoms. The highest BCUT2D eigenvalue weighted by molar-refractivity contribution is 7.85. The number of hydrogen-bond acceptors (Lipinski definition) is 3. The van der Waals surface area contributed by atoms with Crippen LogP contribution in [0.25, 0.3) is 10.8 Å². The topological polar surface area (TPSA) is 80.4 Å². The van der Waals surface area contributed by atoms with Gasteiger partial charge in [-0.1, -0.05) is 12.1 Å². The molecule has 0 aliphatic rings. The molecule has 0 aliphatic heterocycles. The first-order valence-electron chi connectivity index (χ1n) is 4.66. The number of rotatable bonds is 1. The van der Waals surface area contributed by atoms with E-state index in [1.54, 1.807) is 18.2 Å². The van der Waals surface area contributed by atoms with E-state index in [2.05, 4.69) is 0 Å². The number of aryl methyl sites for hydroxylation is 1. The minimum Gasteiger partial charge on any atom is -0.398 e. The average molecular weight is 237 g/mol. The number of anilines is 1. The summed E-state index contributed by atoms with van der Waals surface area (Å²) in [7, 11) is -4.15. The Kier molecular flexibility index (Phi) is 2.36. The van der Waals surface area contributed by atoms with E-state index in [0.29, 0.717) is 5.69 Å². The Balaban J connectivity index is 2.80. The largest absolute Gasteiger partial charge is 0.398 e. The van der Waals surface area contributed by atoms with Crippen molar-refractivity contribution in [3.63, 3.8) is 0 Å². The van der Waals surface area contributed by atoms with Crippen LogP contribution in [0, 0.1) is 6.92 Å². The third-order valence-corrected chi connectivity index (χ3v) is 3.45. The van der Waals surface area contributed by atoms with Gasteiger partial charge in [0.25, 0.3) is 10.1 Å². The SMILES string of the molecule is Cc1c(N)ccc2cc(S(=O)(=O)O)ccc12. The lowest BCUT2D eigenvalue weighted by Gasteiger charge is -2.06. The lowest BCUT2D eigenvalue weighted by molar-refractivity contribution is 0.483. The van der Waals surface area contributed by atoms with E-state index in [1.165, 1.54) is 12.1 Å². The molecule has 0 amide bonds. The van der Waals surface area contributed by atoms with Crippen molar-refractivity contribution in [3.8, 4) is 0 Å². The average Bonchev–Trinajstić information content (AvgIpc) is 2.22. The third-order valence-electron chi connectivity index (χ3n) is 2.60. The van der Waals surface area contributed by atoms with Crippen LogP contribution in [0.4, 0.5) is 5.69 Å². The fourth-order valence-corrected chi connectivity index (χ4v) is 2.16. The van der Waals surface area contributed by atoms with Crippen LogP contribution in [0.15, 0.2) is 35.2 Å². The molecule has 0 unspecified atom stereocenters. The first-order chi connectivity index (χ1) is 7.39. The molecule has 0 saturated heterocycles. The Morgan fingerprint density at radius 1 is 1.19 bits per heavy atom. The summed E-state index contributed by atoms with van der Waals surface area (Å²) in [6, 6.07) is 7.88. The van der Waals surface area contributed by atoms with Crippen molar-refractivity contribution in [2.75, 3.05) is 5.73 Å². The zero-order valence-electron chi connectivity index (χ0n) is 8.64. The molecule has 84 valence electrons. The number of nitrogen functional groups attached to an aromatic ring is 1. The van der Waals surface area contributed by atoms with Gasteiger partial charge in [-0.05, 0) is 41.5 Å². The van der Waals surface area contributed by atoms with Crippen molar-refractivity contribution >= 4 is 26.6 Å². The molecular formula is C11H11NO3S. The van der Waals surface area contributed by atoms with E-state index in [-0.39, 0.29) is 4.90 Å². The second kappa shape index (κ2) is 3.47. The summed E-state index contributed by atoms with van der Waals surface area (Å²) in [5.74, 6) is 0. The van der Waals surface area contributed by atoms with Gasteiger partial charge in [0.05, 0.1) is 4.90 Å². The maximum Gasteiger partial charge on any atom is 0.294 e. The minimum absolute atomic E-state index is 0.107. The minimum atomic E-state index is -4.15. The summed E-state index contributed by atoms with van der Waals surface area (Å²) >= 11 is 0. The maximum atomic E-state index is 11.0. The van der Waals surface area contributed by atoms with Crippen LogP contribution in [-0.2, 0) is 10.1 Å². The molecule has 5 heteroatoms. The Bertz CT molecular complexity index is 662. The molecule has 2 aromatic carbocycles. The van der Waals surface area contributed by atoms with Crippen molar-refractivity contribution < 1.29 is 13.0 Å². The smallest absolute Gasteiger partial charge is 0.294 e. The molecule has 0 radical (unpaired) electrons. The third kappa shape index (κ3) is 1.75. The zero-order valence-corrected chi connectivity index (χ0v) is 9.45. The van der Waals surface area contributed by atoms with Crippen LogP contribution in [-0.4, -0.2) is 13.0 Å². The van der Waals surface area contributed by atoms with Gasteiger partial charge in [-0.15, -0.1) is 0 Å². The second-order valence-corrected chi connectivity index (χ2v) is 5.06. The van der Waals surface area contributed by atoms with Gasteiger partial charge in [0.15, 0.2) is 0 Å². The first-order valence-corrected chi connectivity index (χ1v) is 6.10. The molecule has 0 fully saturated rings. The van der Waals surface area contributed by atoms with Crippen molar-refractivity contribution in [3.05, 3.63) is 35.9 Å². The summed E-state index contributed by atoms with van der Waals surface area (Å²) in [6.45, 7) is 1.87. The molecule has 0 aromatic heterocycles. The van der Waals surface area contributed by atoms with Gasteiger partial charge in [-0.2, -0.15) is 8.42 Å². The molecule has 2 aromatic rings. The number of hydrogen-bond donors (Lipinski definition) is 2. The predicted octanol–water partition coefficient (Wildman–Crippen LogP) is 1.98. The summed E-state index contributed by atoms with van der Waals surface area (Å²) in [5.41, 5.74) is 7.30. The molecule has 0 spiro atoms. The van der Waals surface area contributed by atoms with Gasteiger partial charge < -0.3 is 5.73 Å². The number of nitrogens with two attached hydrogens (primary N) is 1. The Morgan fingerprint density at radius 2 is 1.88 bits per heavy atom. The van der Waals surface area contributed by atoms with Crippen LogP contribution in [0.1, 0.15) is 5.56 Å². The highest BCUT2D eigenvalue weighted by atomic mass is 32.2. The van der Waals surface area contributed by atoms with Crippen molar-refractivity contribution in [1.29, 1.82) is 0 Å². The molecule has 0 aliphatic carbocycles. The Hall–Kier alpha value is -1.59. The quantitative estimate of drug-likeness (QED) is 0.587. The molecule has 3 N–H and O–H groups in total. The molecule has 0 atom stereocenters. The van der Waals surface area contributed by atoms with E-state index in [9.17, 15) is 8.42 Å². The molecule has 0 saturated carbocycles. The van der Waals surface area contributed by atoms with Crippen molar-refractivity contribution in [2.24, 2.45) is 0 Å². The standard InChI is InChI=1S/C11H11NO3S/c1-7-10-4-3-9(16(13,14)15)6-8(10)2-5-11(7)12/h2-6H,12H2,1H3,(H,13,14,15). The van der Waals surface area contributed by atoms with Gasteiger partial charge in [0.2, 0.25) is 0 Å². The second-order valence-electron chi connectivity index (χ2n) is 3.64. The van der Waals surface area contributed by atoms with Crippen LogP contribution < -0.4 is 5.73 Å². The summed E-state index contributed by atoms with van der Waals surface area (Å²) in [5, 5.41) is 1.62. The van der Waals surface area contributed by atoms with E-state index >= 15 is 0 Å². The van der Waals surface area contributed by atoms with E-state index in [4.69, 9.17) is 10.3 Å². The predicted molar refractivity (Wildman–Crippen MR) is 62.9 cm³/mol. The van der Waals surface area contributed by atoms with Gasteiger partial charge in [-0.3, -0.25) is 4.55 Å². The first kappa shape index (κ1) is 10.9. The van der Waals surface area contributed by atoms with Gasteiger partial charge >= 0.3 is 0 Å². The van der Waals surface area contributed by atoms with Crippen LogP contribution in [0.5, 0.6) is 0 Å². The monoisotopic (exact) mass is 237 g/mol. The molecule has 2 rings (SSSR count). The van der Waals surface area contributed by atoms with Crippen LogP contribution in [0.3, 0.4) is 0 Å². The zero-order chi connectivity index (χ0) is 11.9. The highest BCUT2D eigenvalue weighted by Gasteiger charge is 2.10. The summed E-state index contributed by atoms with van der Waals surface area (Å²) < 4.78 is 30.8.